The third-order valence-corrected chi connectivity index (χ3v) is 4.08. The summed E-state index contributed by atoms with van der Waals surface area (Å²) in [6, 6.07) is 12.5. The summed E-state index contributed by atoms with van der Waals surface area (Å²) in [7, 11) is 1.78. The Hall–Kier alpha value is -3.80. The number of nitrogens with zero attached hydrogens (tertiary/aromatic N) is 3. The number of benzene rings is 2. The lowest BCUT2D eigenvalue weighted by molar-refractivity contribution is 0.0697. The van der Waals surface area contributed by atoms with Crippen LogP contribution in [0.3, 0.4) is 0 Å². The number of aliphatic imine (C=N–C) groups is 1. The van der Waals surface area contributed by atoms with Gasteiger partial charge in [-0.15, -0.1) is 0 Å². The van der Waals surface area contributed by atoms with Crippen LogP contribution in [0.4, 0.5) is 5.82 Å². The molecular weight excluding hydrogens is 340 g/mol. The number of rotatable bonds is 6. The van der Waals surface area contributed by atoms with Gasteiger partial charge in [-0.2, -0.15) is 0 Å². The first-order valence-corrected chi connectivity index (χ1v) is 8.19. The second-order valence-electron chi connectivity index (χ2n) is 5.73. The van der Waals surface area contributed by atoms with Crippen molar-refractivity contribution in [3.05, 3.63) is 72.7 Å². The molecule has 0 radical (unpaired) electrons. The van der Waals surface area contributed by atoms with Crippen LogP contribution in [0.5, 0.6) is 0 Å². The molecule has 0 aliphatic rings. The van der Waals surface area contributed by atoms with E-state index in [-0.39, 0.29) is 5.56 Å². The lowest BCUT2D eigenvalue weighted by Crippen LogP contribution is -2.01. The molecule has 134 valence electrons. The van der Waals surface area contributed by atoms with Gasteiger partial charge in [-0.3, -0.25) is 4.99 Å². The molecule has 0 saturated carbocycles. The summed E-state index contributed by atoms with van der Waals surface area (Å²) in [6.45, 7) is 7.22. The molecule has 3 aromatic rings. The smallest absolute Gasteiger partial charge is 0.335 e. The number of anilines is 1. The van der Waals surface area contributed by atoms with Gasteiger partial charge < -0.3 is 10.4 Å². The van der Waals surface area contributed by atoms with Gasteiger partial charge in [0.05, 0.1) is 11.1 Å². The number of carbonyl (C=O) groups is 1. The molecule has 0 amide bonds. The van der Waals surface area contributed by atoms with Gasteiger partial charge in [-0.05, 0) is 42.1 Å². The zero-order valence-corrected chi connectivity index (χ0v) is 14.8. The van der Waals surface area contributed by atoms with Crippen molar-refractivity contribution >= 4 is 35.0 Å². The van der Waals surface area contributed by atoms with Crippen molar-refractivity contribution in [2.45, 2.75) is 0 Å². The molecule has 2 N–H and O–H groups in total. The first kappa shape index (κ1) is 18.0. The Bertz CT molecular complexity index is 1090. The van der Waals surface area contributed by atoms with E-state index in [9.17, 15) is 9.90 Å². The molecule has 27 heavy (non-hydrogen) atoms. The lowest BCUT2D eigenvalue weighted by atomic mass is 10.0. The van der Waals surface area contributed by atoms with Gasteiger partial charge in [0.25, 0.3) is 0 Å². The Morgan fingerprint density at radius 2 is 1.96 bits per heavy atom. The lowest BCUT2D eigenvalue weighted by Gasteiger charge is -2.10. The fraction of sp³-hybridized carbons (Fsp3) is 0.0476. The van der Waals surface area contributed by atoms with Crippen LogP contribution in [0.1, 0.15) is 16.2 Å². The van der Waals surface area contributed by atoms with Crippen LogP contribution in [0, 0.1) is 0 Å². The Morgan fingerprint density at radius 1 is 1.19 bits per heavy atom. The number of aromatic carboxylic acids is 1. The first-order valence-electron chi connectivity index (χ1n) is 8.19. The molecule has 1 aromatic heterocycles. The van der Waals surface area contributed by atoms with E-state index in [4.69, 9.17) is 0 Å². The Labute approximate surface area is 156 Å². The quantitative estimate of drug-likeness (QED) is 0.508. The van der Waals surface area contributed by atoms with Crippen LogP contribution in [-0.2, 0) is 0 Å². The molecule has 1 heterocycles. The van der Waals surface area contributed by atoms with Crippen LogP contribution < -0.4 is 5.32 Å². The third kappa shape index (κ3) is 3.59. The van der Waals surface area contributed by atoms with Gasteiger partial charge in [0.15, 0.2) is 5.82 Å². The number of hydrogen-bond donors (Lipinski definition) is 2. The highest BCUT2D eigenvalue weighted by Gasteiger charge is 2.11. The van der Waals surface area contributed by atoms with Crippen molar-refractivity contribution < 1.29 is 9.90 Å². The maximum Gasteiger partial charge on any atom is 0.335 e. The normalized spacial score (nSPS) is 11.2. The van der Waals surface area contributed by atoms with Crippen LogP contribution in [0.2, 0.25) is 0 Å². The number of carboxylic acid groups (broad SMARTS) is 1. The summed E-state index contributed by atoms with van der Waals surface area (Å²) in [6.07, 6.45) is 3.18. The van der Waals surface area contributed by atoms with Gasteiger partial charge in [0.2, 0.25) is 0 Å². The van der Waals surface area contributed by atoms with Crippen LogP contribution in [-0.4, -0.2) is 34.8 Å². The maximum absolute atomic E-state index is 11.2. The van der Waals surface area contributed by atoms with Gasteiger partial charge in [0, 0.05) is 24.2 Å². The number of aromatic nitrogens is 2. The molecule has 6 heteroatoms. The van der Waals surface area contributed by atoms with E-state index in [1.54, 1.807) is 37.5 Å². The summed E-state index contributed by atoms with van der Waals surface area (Å²) in [5, 5.41) is 13.1. The number of allylic oxidation sites excluding steroid dienone is 2. The molecular formula is C21H18N4O2. The summed E-state index contributed by atoms with van der Waals surface area (Å²) < 4.78 is 0. The van der Waals surface area contributed by atoms with Crippen molar-refractivity contribution in [3.8, 4) is 11.1 Å². The molecule has 0 bridgehead atoms. The van der Waals surface area contributed by atoms with Gasteiger partial charge in [-0.1, -0.05) is 30.9 Å². The highest BCUT2D eigenvalue weighted by molar-refractivity contribution is 5.95. The number of fused-ring (bicyclic) bond motifs is 1. The number of carboxylic acids is 1. The summed E-state index contributed by atoms with van der Waals surface area (Å²) in [5.41, 5.74) is 3.35. The summed E-state index contributed by atoms with van der Waals surface area (Å²) >= 11 is 0. The van der Waals surface area contributed by atoms with E-state index in [0.29, 0.717) is 17.2 Å². The molecule has 2 aromatic carbocycles. The molecule has 3 rings (SSSR count). The molecule has 0 fully saturated rings. The monoisotopic (exact) mass is 358 g/mol. The molecule has 0 aliphatic heterocycles. The van der Waals surface area contributed by atoms with E-state index < -0.39 is 5.97 Å². The van der Waals surface area contributed by atoms with Gasteiger partial charge >= 0.3 is 5.97 Å². The summed E-state index contributed by atoms with van der Waals surface area (Å²) in [5.74, 6) is 0.194. The largest absolute Gasteiger partial charge is 0.478 e. The molecule has 0 spiro atoms. The van der Waals surface area contributed by atoms with Crippen molar-refractivity contribution in [1.29, 1.82) is 0 Å². The molecule has 6 nitrogen and oxygen atoms in total. The predicted molar refractivity (Wildman–Crippen MR) is 109 cm³/mol. The van der Waals surface area contributed by atoms with Crippen molar-refractivity contribution in [2.24, 2.45) is 4.99 Å². The van der Waals surface area contributed by atoms with Crippen molar-refractivity contribution in [3.63, 3.8) is 0 Å². The second kappa shape index (κ2) is 7.61. The van der Waals surface area contributed by atoms with Crippen molar-refractivity contribution in [1.82, 2.24) is 9.97 Å². The zero-order chi connectivity index (χ0) is 19.4. The Morgan fingerprint density at radius 3 is 2.63 bits per heavy atom. The Balaban J connectivity index is 2.17. The first-order chi connectivity index (χ1) is 13.1. The maximum atomic E-state index is 11.2. The molecule has 0 aliphatic carbocycles. The highest BCUT2D eigenvalue weighted by atomic mass is 16.4. The van der Waals surface area contributed by atoms with Crippen LogP contribution >= 0.6 is 0 Å². The van der Waals surface area contributed by atoms with Crippen LogP contribution in [0.15, 0.2) is 66.3 Å². The fourth-order valence-corrected chi connectivity index (χ4v) is 2.76. The molecule has 0 atom stereocenters. The third-order valence-electron chi connectivity index (χ3n) is 4.08. The standard InChI is InChI=1S/C21H18N4O2/c1-4-13(12-22-2)19-24-18-9-8-15(11-17(18)20(23-3)25-19)14-6-5-7-16(10-14)21(26)27/h4-12H,1-2H2,3H3,(H,26,27)(H,23,24,25)/b13-12+. The average Bonchev–Trinajstić information content (AvgIpc) is 2.70. The number of nitrogens with one attached hydrogen (secondary N) is 1. The van der Waals surface area contributed by atoms with Gasteiger partial charge in [-0.25, -0.2) is 14.8 Å². The van der Waals surface area contributed by atoms with Crippen LogP contribution in [0.25, 0.3) is 27.6 Å². The highest BCUT2D eigenvalue weighted by Crippen LogP contribution is 2.29. The fourth-order valence-electron chi connectivity index (χ4n) is 2.76. The minimum absolute atomic E-state index is 0.241. The summed E-state index contributed by atoms with van der Waals surface area (Å²) in [4.78, 5) is 24.1. The average molecular weight is 358 g/mol. The minimum atomic E-state index is -0.957. The van der Waals surface area contributed by atoms with E-state index in [1.165, 1.54) is 0 Å². The second-order valence-corrected chi connectivity index (χ2v) is 5.73. The van der Waals surface area contributed by atoms with E-state index in [2.05, 4.69) is 33.6 Å². The number of hydrogen-bond acceptors (Lipinski definition) is 5. The SMILES string of the molecule is C=C/C(=C\N=C)c1nc(NC)c2cc(-c3cccc(C(=O)O)c3)ccc2n1. The van der Waals surface area contributed by atoms with Gasteiger partial charge in [0.1, 0.15) is 5.82 Å². The topological polar surface area (TPSA) is 87.5 Å². The molecule has 0 unspecified atom stereocenters. The van der Waals surface area contributed by atoms with E-state index in [0.717, 1.165) is 22.0 Å². The van der Waals surface area contributed by atoms with E-state index >= 15 is 0 Å². The minimum Gasteiger partial charge on any atom is -0.478 e. The van der Waals surface area contributed by atoms with E-state index in [1.807, 2.05) is 24.3 Å². The zero-order valence-electron chi connectivity index (χ0n) is 14.8. The van der Waals surface area contributed by atoms with Crippen molar-refractivity contribution in [2.75, 3.05) is 12.4 Å². The Kier molecular flexibility index (Phi) is 5.08. The predicted octanol–water partition coefficient (Wildman–Crippen LogP) is 4.26. The molecule has 0 saturated heterocycles.